The molecule has 1 aromatic heterocycles. The summed E-state index contributed by atoms with van der Waals surface area (Å²) in [4.78, 5) is 3.69. The van der Waals surface area contributed by atoms with Gasteiger partial charge in [-0.25, -0.2) is 9.37 Å². The molecule has 1 heterocycles. The molecule has 0 radical (unpaired) electrons. The number of halogens is 3. The summed E-state index contributed by atoms with van der Waals surface area (Å²) in [5.41, 5.74) is 0.444. The number of hydrogen-bond acceptors (Lipinski definition) is 1. The fourth-order valence-corrected chi connectivity index (χ4v) is 0.932. The Kier molecular flexibility index (Phi) is 2.68. The van der Waals surface area contributed by atoms with Gasteiger partial charge >= 0.3 is 0 Å². The molecular formula is C7H6Cl2FN. The molecule has 4 heteroatoms. The van der Waals surface area contributed by atoms with Crippen LogP contribution in [-0.2, 0) is 0 Å². The number of rotatable bonds is 1. The minimum absolute atomic E-state index is 0.205. The van der Waals surface area contributed by atoms with E-state index >= 15 is 0 Å². The summed E-state index contributed by atoms with van der Waals surface area (Å²) in [5, 5.41) is 0.490. The first-order chi connectivity index (χ1) is 5.11. The second-order valence-corrected chi connectivity index (χ2v) is 2.92. The third kappa shape index (κ3) is 2.04. The smallest absolute Gasteiger partial charge is 0.147 e. The molecule has 0 bridgehead atoms. The Hall–Kier alpha value is -0.340. The van der Waals surface area contributed by atoms with E-state index in [-0.39, 0.29) is 10.2 Å². The third-order valence-corrected chi connectivity index (χ3v) is 1.96. The van der Waals surface area contributed by atoms with Gasteiger partial charge in [-0.3, -0.25) is 0 Å². The summed E-state index contributed by atoms with van der Waals surface area (Å²) in [6, 6.07) is 1.47. The van der Waals surface area contributed by atoms with Gasteiger partial charge in [0.15, 0.2) is 0 Å². The fraction of sp³-hybridized carbons (Fsp3) is 0.286. The Balaban J connectivity index is 3.05. The van der Waals surface area contributed by atoms with E-state index in [4.69, 9.17) is 23.2 Å². The summed E-state index contributed by atoms with van der Waals surface area (Å²) in [6.07, 6.45) is 0.316. The number of nitrogens with zero attached hydrogens (tertiary/aromatic N) is 1. The largest absolute Gasteiger partial charge is 0.243 e. The van der Waals surface area contributed by atoms with Gasteiger partial charge < -0.3 is 0 Å². The summed E-state index contributed by atoms with van der Waals surface area (Å²) >= 11 is 11.1. The van der Waals surface area contributed by atoms with Crippen LogP contribution in [-0.4, -0.2) is 4.98 Å². The molecule has 0 aliphatic rings. The topological polar surface area (TPSA) is 12.9 Å². The van der Waals surface area contributed by atoms with Crippen molar-refractivity contribution in [1.29, 1.82) is 0 Å². The van der Waals surface area contributed by atoms with Crippen LogP contribution in [0.2, 0.25) is 10.2 Å². The Labute approximate surface area is 74.2 Å². The zero-order chi connectivity index (χ0) is 8.43. The van der Waals surface area contributed by atoms with E-state index in [2.05, 4.69) is 4.98 Å². The maximum absolute atomic E-state index is 12.6. The number of hydrogen-bond donors (Lipinski definition) is 0. The van der Waals surface area contributed by atoms with Crippen LogP contribution in [0.4, 0.5) is 4.39 Å². The van der Waals surface area contributed by atoms with E-state index in [9.17, 15) is 4.39 Å². The summed E-state index contributed by atoms with van der Waals surface area (Å²) in [6.45, 7) is 1.42. The number of alkyl halides is 1. The zero-order valence-corrected chi connectivity index (χ0v) is 7.33. The van der Waals surface area contributed by atoms with Crippen LogP contribution in [0, 0.1) is 0 Å². The molecule has 0 aliphatic carbocycles. The summed E-state index contributed by atoms with van der Waals surface area (Å²) in [7, 11) is 0. The quantitative estimate of drug-likeness (QED) is 0.624. The lowest BCUT2D eigenvalue weighted by Crippen LogP contribution is -1.87. The van der Waals surface area contributed by atoms with Crippen molar-refractivity contribution >= 4 is 23.2 Å². The van der Waals surface area contributed by atoms with Gasteiger partial charge in [0.05, 0.1) is 5.02 Å². The Morgan fingerprint density at radius 2 is 2.18 bits per heavy atom. The van der Waals surface area contributed by atoms with E-state index < -0.39 is 6.17 Å². The molecule has 0 spiro atoms. The molecule has 0 N–H and O–H groups in total. The fourth-order valence-electron chi connectivity index (χ4n) is 0.654. The number of pyridine rings is 1. The summed E-state index contributed by atoms with van der Waals surface area (Å²) < 4.78 is 12.6. The van der Waals surface area contributed by atoms with Gasteiger partial charge in [0.2, 0.25) is 0 Å². The Morgan fingerprint density at radius 1 is 1.55 bits per heavy atom. The molecule has 0 saturated heterocycles. The van der Waals surface area contributed by atoms with Crippen LogP contribution in [0.25, 0.3) is 0 Å². The molecule has 11 heavy (non-hydrogen) atoms. The van der Waals surface area contributed by atoms with E-state index in [1.807, 2.05) is 0 Å². The molecule has 0 fully saturated rings. The van der Waals surface area contributed by atoms with Crippen molar-refractivity contribution in [1.82, 2.24) is 4.98 Å². The van der Waals surface area contributed by atoms with Crippen molar-refractivity contribution in [2.24, 2.45) is 0 Å². The average Bonchev–Trinajstić information content (AvgIpc) is 1.94. The Morgan fingerprint density at radius 3 is 2.64 bits per heavy atom. The van der Waals surface area contributed by atoms with Gasteiger partial charge in [0.25, 0.3) is 0 Å². The van der Waals surface area contributed by atoms with Crippen molar-refractivity contribution in [3.8, 4) is 0 Å². The van der Waals surface area contributed by atoms with Crippen LogP contribution in [0.5, 0.6) is 0 Å². The normalized spacial score (nSPS) is 13.1. The van der Waals surface area contributed by atoms with Crippen molar-refractivity contribution in [2.45, 2.75) is 13.1 Å². The summed E-state index contributed by atoms with van der Waals surface area (Å²) in [5.74, 6) is 0. The molecule has 60 valence electrons. The second-order valence-electron chi connectivity index (χ2n) is 2.16. The van der Waals surface area contributed by atoms with Gasteiger partial charge in [-0.2, -0.15) is 0 Å². The molecule has 1 rings (SSSR count). The maximum atomic E-state index is 12.6. The van der Waals surface area contributed by atoms with Gasteiger partial charge in [0.1, 0.15) is 11.3 Å². The monoisotopic (exact) mass is 193 g/mol. The van der Waals surface area contributed by atoms with Crippen LogP contribution in [0.3, 0.4) is 0 Å². The van der Waals surface area contributed by atoms with Crippen LogP contribution in [0.15, 0.2) is 12.3 Å². The zero-order valence-electron chi connectivity index (χ0n) is 5.81. The lowest BCUT2D eigenvalue weighted by Gasteiger charge is -2.01. The first-order valence-electron chi connectivity index (χ1n) is 3.06. The van der Waals surface area contributed by atoms with Crippen LogP contribution >= 0.6 is 23.2 Å². The van der Waals surface area contributed by atoms with Gasteiger partial charge in [-0.05, 0) is 13.0 Å². The van der Waals surface area contributed by atoms with E-state index in [0.29, 0.717) is 5.56 Å². The van der Waals surface area contributed by atoms with E-state index in [1.165, 1.54) is 19.2 Å². The average molecular weight is 194 g/mol. The molecule has 0 saturated carbocycles. The molecule has 0 amide bonds. The van der Waals surface area contributed by atoms with Gasteiger partial charge in [-0.15, -0.1) is 0 Å². The molecule has 1 aromatic rings. The van der Waals surface area contributed by atoms with Gasteiger partial charge in [0, 0.05) is 11.8 Å². The predicted molar refractivity (Wildman–Crippen MR) is 43.8 cm³/mol. The Bertz CT molecular complexity index is 263. The minimum Gasteiger partial charge on any atom is -0.243 e. The van der Waals surface area contributed by atoms with Gasteiger partial charge in [-0.1, -0.05) is 23.2 Å². The number of aromatic nitrogens is 1. The molecule has 1 nitrogen and oxygen atoms in total. The highest BCUT2D eigenvalue weighted by molar-refractivity contribution is 6.41. The minimum atomic E-state index is -1.06. The van der Waals surface area contributed by atoms with Crippen LogP contribution in [0.1, 0.15) is 18.7 Å². The first kappa shape index (κ1) is 8.75. The predicted octanol–water partition coefficient (Wildman–Crippen LogP) is 3.42. The molecule has 0 aromatic carbocycles. The maximum Gasteiger partial charge on any atom is 0.147 e. The van der Waals surface area contributed by atoms with Crippen molar-refractivity contribution < 1.29 is 4.39 Å². The van der Waals surface area contributed by atoms with Crippen LogP contribution < -0.4 is 0 Å². The second kappa shape index (κ2) is 3.37. The first-order valence-corrected chi connectivity index (χ1v) is 3.82. The van der Waals surface area contributed by atoms with Crippen molar-refractivity contribution in [3.63, 3.8) is 0 Å². The van der Waals surface area contributed by atoms with E-state index in [1.54, 1.807) is 0 Å². The molecule has 1 atom stereocenters. The van der Waals surface area contributed by atoms with Crippen molar-refractivity contribution in [3.05, 3.63) is 28.0 Å². The van der Waals surface area contributed by atoms with Crippen molar-refractivity contribution in [2.75, 3.05) is 0 Å². The highest BCUT2D eigenvalue weighted by Crippen LogP contribution is 2.24. The highest BCUT2D eigenvalue weighted by atomic mass is 35.5. The van der Waals surface area contributed by atoms with E-state index in [0.717, 1.165) is 0 Å². The molecule has 0 aliphatic heterocycles. The lowest BCUT2D eigenvalue weighted by molar-refractivity contribution is 0.373. The standard InChI is InChI=1S/C7H6Cl2FN/c1-4(10)5-2-6(8)7(9)11-3-5/h2-4H,1H3. The molecular weight excluding hydrogens is 188 g/mol. The lowest BCUT2D eigenvalue weighted by atomic mass is 10.2. The molecule has 1 unspecified atom stereocenters. The SMILES string of the molecule is CC(F)c1cnc(Cl)c(Cl)c1. The highest BCUT2D eigenvalue weighted by Gasteiger charge is 2.05. The third-order valence-electron chi connectivity index (χ3n) is 1.28.